The zero-order valence-corrected chi connectivity index (χ0v) is 16.9. The third-order valence-corrected chi connectivity index (χ3v) is 5.22. The first-order valence-electron chi connectivity index (χ1n) is 9.65. The van der Waals surface area contributed by atoms with Gasteiger partial charge in [0.2, 0.25) is 0 Å². The number of oxazole rings is 1. The molecule has 0 aliphatic carbocycles. The molecule has 1 unspecified atom stereocenters. The fourth-order valence-electron chi connectivity index (χ4n) is 3.68. The number of amides is 1. The fourth-order valence-corrected chi connectivity index (χ4v) is 3.68. The number of methoxy groups -OCH3 is 2. The van der Waals surface area contributed by atoms with Crippen LogP contribution >= 0.6 is 0 Å². The van der Waals surface area contributed by atoms with Crippen molar-refractivity contribution >= 4 is 17.0 Å². The molecule has 2 aromatic carbocycles. The Morgan fingerprint density at radius 3 is 2.76 bits per heavy atom. The number of hydrogen-bond acceptors (Lipinski definition) is 6. The van der Waals surface area contributed by atoms with E-state index < -0.39 is 0 Å². The van der Waals surface area contributed by atoms with Crippen LogP contribution in [0.3, 0.4) is 0 Å². The minimum Gasteiger partial charge on any atom is -0.493 e. The van der Waals surface area contributed by atoms with Crippen molar-refractivity contribution in [2.45, 2.75) is 18.9 Å². The van der Waals surface area contributed by atoms with E-state index in [9.17, 15) is 4.79 Å². The van der Waals surface area contributed by atoms with Gasteiger partial charge >= 0.3 is 0 Å². The second-order valence-electron chi connectivity index (χ2n) is 7.38. The normalized spacial score (nSPS) is 16.9. The summed E-state index contributed by atoms with van der Waals surface area (Å²) in [5.74, 6) is 1.85. The Morgan fingerprint density at radius 2 is 2.03 bits per heavy atom. The Kier molecular flexibility index (Phi) is 5.40. The molecule has 3 aromatic rings. The van der Waals surface area contributed by atoms with E-state index in [1.165, 1.54) is 0 Å². The number of hydrogen-bond donors (Lipinski definition) is 1. The van der Waals surface area contributed by atoms with E-state index in [1.54, 1.807) is 26.4 Å². The molecule has 0 spiro atoms. The highest BCUT2D eigenvalue weighted by molar-refractivity contribution is 5.97. The smallest absolute Gasteiger partial charge is 0.251 e. The zero-order chi connectivity index (χ0) is 20.4. The van der Waals surface area contributed by atoms with Gasteiger partial charge in [0.05, 0.1) is 14.2 Å². The number of ether oxygens (including phenoxy) is 2. The van der Waals surface area contributed by atoms with Gasteiger partial charge < -0.3 is 24.1 Å². The molecule has 1 amide bonds. The largest absolute Gasteiger partial charge is 0.493 e. The molecule has 0 radical (unpaired) electrons. The molecule has 152 valence electrons. The minimum absolute atomic E-state index is 0.0787. The summed E-state index contributed by atoms with van der Waals surface area (Å²) in [5.41, 5.74) is 2.92. The van der Waals surface area contributed by atoms with Crippen LogP contribution in [-0.4, -0.2) is 56.2 Å². The van der Waals surface area contributed by atoms with E-state index in [2.05, 4.69) is 22.2 Å². The van der Waals surface area contributed by atoms with Crippen molar-refractivity contribution in [3.63, 3.8) is 0 Å². The maximum absolute atomic E-state index is 12.6. The first kappa shape index (κ1) is 19.3. The molecule has 1 N–H and O–H groups in total. The zero-order valence-electron chi connectivity index (χ0n) is 16.9. The SMILES string of the molecule is COc1ccc(Cc2nc3ccc(C(=O)NC4CCN(C)C4)cc3o2)cc1OC. The van der Waals surface area contributed by atoms with Crippen LogP contribution in [0.1, 0.15) is 28.2 Å². The van der Waals surface area contributed by atoms with Gasteiger partial charge in [0.25, 0.3) is 5.91 Å². The van der Waals surface area contributed by atoms with Crippen molar-refractivity contribution < 1.29 is 18.7 Å². The van der Waals surface area contributed by atoms with Crippen LogP contribution in [0.4, 0.5) is 0 Å². The second-order valence-corrected chi connectivity index (χ2v) is 7.38. The Bertz CT molecular complexity index is 1030. The van der Waals surface area contributed by atoms with Crippen molar-refractivity contribution in [1.82, 2.24) is 15.2 Å². The highest BCUT2D eigenvalue weighted by Gasteiger charge is 2.22. The summed E-state index contributed by atoms with van der Waals surface area (Å²) in [7, 11) is 5.28. The van der Waals surface area contributed by atoms with Crippen LogP contribution in [0.15, 0.2) is 40.8 Å². The van der Waals surface area contributed by atoms with Crippen LogP contribution in [0.2, 0.25) is 0 Å². The molecule has 0 bridgehead atoms. The van der Waals surface area contributed by atoms with Gasteiger partial charge in [-0.15, -0.1) is 0 Å². The van der Waals surface area contributed by atoms with Crippen molar-refractivity contribution in [2.75, 3.05) is 34.4 Å². The average Bonchev–Trinajstić information content (AvgIpc) is 3.32. The van der Waals surface area contributed by atoms with Crippen molar-refractivity contribution in [2.24, 2.45) is 0 Å². The third kappa shape index (κ3) is 4.19. The lowest BCUT2D eigenvalue weighted by Crippen LogP contribution is -2.36. The molecule has 1 aromatic heterocycles. The Balaban J connectivity index is 1.50. The lowest BCUT2D eigenvalue weighted by atomic mass is 10.1. The van der Waals surface area contributed by atoms with Gasteiger partial charge in [-0.2, -0.15) is 0 Å². The average molecular weight is 395 g/mol. The first-order valence-corrected chi connectivity index (χ1v) is 9.65. The van der Waals surface area contributed by atoms with E-state index in [-0.39, 0.29) is 11.9 Å². The molecule has 1 fully saturated rings. The summed E-state index contributed by atoms with van der Waals surface area (Å²) in [4.78, 5) is 19.3. The number of nitrogens with zero attached hydrogens (tertiary/aromatic N) is 2. The topological polar surface area (TPSA) is 76.8 Å². The summed E-state index contributed by atoms with van der Waals surface area (Å²) in [6.45, 7) is 1.89. The van der Waals surface area contributed by atoms with E-state index in [0.717, 1.165) is 30.6 Å². The maximum Gasteiger partial charge on any atom is 0.251 e. The predicted molar refractivity (Wildman–Crippen MR) is 110 cm³/mol. The van der Waals surface area contributed by atoms with Crippen LogP contribution < -0.4 is 14.8 Å². The van der Waals surface area contributed by atoms with Gasteiger partial charge in [-0.25, -0.2) is 4.98 Å². The highest BCUT2D eigenvalue weighted by Crippen LogP contribution is 2.29. The quantitative estimate of drug-likeness (QED) is 0.692. The molecule has 1 aliphatic heterocycles. The predicted octanol–water partition coefficient (Wildman–Crippen LogP) is 2.87. The van der Waals surface area contributed by atoms with Gasteiger partial charge in [-0.05, 0) is 55.9 Å². The molecule has 1 atom stereocenters. The van der Waals surface area contributed by atoms with Gasteiger partial charge in [0.15, 0.2) is 23.0 Å². The molecule has 7 heteroatoms. The van der Waals surface area contributed by atoms with Crippen molar-refractivity contribution in [3.05, 3.63) is 53.4 Å². The summed E-state index contributed by atoms with van der Waals surface area (Å²) >= 11 is 0. The van der Waals surface area contributed by atoms with Crippen molar-refractivity contribution in [1.29, 1.82) is 0 Å². The van der Waals surface area contributed by atoms with Gasteiger partial charge in [-0.1, -0.05) is 6.07 Å². The Morgan fingerprint density at radius 1 is 1.21 bits per heavy atom. The lowest BCUT2D eigenvalue weighted by molar-refractivity contribution is 0.0938. The number of likely N-dealkylation sites (tertiary alicyclic amines) is 1. The summed E-state index contributed by atoms with van der Waals surface area (Å²) < 4.78 is 16.5. The molecule has 4 rings (SSSR count). The fraction of sp³-hybridized carbons (Fsp3) is 0.364. The number of carbonyl (C=O) groups excluding carboxylic acids is 1. The van der Waals surface area contributed by atoms with Gasteiger partial charge in [0.1, 0.15) is 5.52 Å². The Hall–Kier alpha value is -3.06. The molecule has 1 aliphatic rings. The lowest BCUT2D eigenvalue weighted by Gasteiger charge is -2.12. The summed E-state index contributed by atoms with van der Waals surface area (Å²) in [5, 5.41) is 3.09. The standard InChI is InChI=1S/C22H25N3O4/c1-25-9-8-16(13-25)23-22(26)15-5-6-17-19(12-15)29-21(24-17)11-14-4-7-18(27-2)20(10-14)28-3/h4-7,10,12,16H,8-9,11,13H2,1-3H3,(H,23,26). The van der Waals surface area contributed by atoms with Crippen LogP contribution in [0.5, 0.6) is 11.5 Å². The number of fused-ring (bicyclic) bond motifs is 1. The number of carbonyl (C=O) groups is 1. The number of nitrogens with one attached hydrogen (secondary N) is 1. The van der Waals surface area contributed by atoms with Gasteiger partial charge in [-0.3, -0.25) is 4.79 Å². The van der Waals surface area contributed by atoms with E-state index in [0.29, 0.717) is 35.0 Å². The highest BCUT2D eigenvalue weighted by atomic mass is 16.5. The molecule has 7 nitrogen and oxygen atoms in total. The monoisotopic (exact) mass is 395 g/mol. The second kappa shape index (κ2) is 8.13. The minimum atomic E-state index is -0.0787. The number of benzene rings is 2. The molecule has 1 saturated heterocycles. The Labute approximate surface area is 169 Å². The third-order valence-electron chi connectivity index (χ3n) is 5.22. The number of aromatic nitrogens is 1. The molecule has 0 saturated carbocycles. The van der Waals surface area contributed by atoms with E-state index in [4.69, 9.17) is 13.9 Å². The molecule has 29 heavy (non-hydrogen) atoms. The van der Waals surface area contributed by atoms with Crippen LogP contribution in [0, 0.1) is 0 Å². The van der Waals surface area contributed by atoms with Crippen molar-refractivity contribution in [3.8, 4) is 11.5 Å². The maximum atomic E-state index is 12.6. The van der Waals surface area contributed by atoms with Crippen LogP contribution in [0.25, 0.3) is 11.1 Å². The van der Waals surface area contributed by atoms with Gasteiger partial charge in [0, 0.05) is 24.6 Å². The van der Waals surface area contributed by atoms with E-state index in [1.807, 2.05) is 24.3 Å². The summed E-state index contributed by atoms with van der Waals surface area (Å²) in [6.07, 6.45) is 1.49. The summed E-state index contributed by atoms with van der Waals surface area (Å²) in [6, 6.07) is 11.3. The molecular weight excluding hydrogens is 370 g/mol. The van der Waals surface area contributed by atoms with E-state index >= 15 is 0 Å². The number of likely N-dealkylation sites (N-methyl/N-ethyl adjacent to an activating group) is 1. The first-order chi connectivity index (χ1) is 14.1. The molecular formula is C22H25N3O4. The molecule has 2 heterocycles. The number of rotatable bonds is 6. The van der Waals surface area contributed by atoms with Crippen LogP contribution in [-0.2, 0) is 6.42 Å².